The summed E-state index contributed by atoms with van der Waals surface area (Å²) >= 11 is 0. The number of nitrogens with one attached hydrogen (secondary N) is 1. The topological polar surface area (TPSA) is 55.4 Å². The van der Waals surface area contributed by atoms with Crippen LogP contribution in [0.25, 0.3) is 6.08 Å². The number of hydrogen-bond acceptors (Lipinski definition) is 3. The van der Waals surface area contributed by atoms with E-state index < -0.39 is 30.2 Å². The average molecular weight is 287 g/mol. The van der Waals surface area contributed by atoms with E-state index in [9.17, 15) is 22.8 Å². The molecular formula is C13H12F3NO3. The molecule has 7 heteroatoms. The Morgan fingerprint density at radius 2 is 2.05 bits per heavy atom. The van der Waals surface area contributed by atoms with E-state index in [1.165, 1.54) is 25.3 Å². The monoisotopic (exact) mass is 287 g/mol. The maximum Gasteiger partial charge on any atom is 0.416 e. The van der Waals surface area contributed by atoms with E-state index in [1.54, 1.807) is 0 Å². The molecule has 108 valence electrons. The molecule has 0 saturated heterocycles. The second-order valence-electron chi connectivity index (χ2n) is 3.74. The SMILES string of the molecule is CNC(=O)COC(=O)/C=C/c1cccc(C(F)(F)F)c1. The largest absolute Gasteiger partial charge is 0.452 e. The van der Waals surface area contributed by atoms with E-state index in [4.69, 9.17) is 0 Å². The highest BCUT2D eigenvalue weighted by Gasteiger charge is 2.30. The fourth-order valence-corrected chi connectivity index (χ4v) is 1.24. The minimum atomic E-state index is -4.44. The van der Waals surface area contributed by atoms with Crippen LogP contribution in [0.1, 0.15) is 11.1 Å². The first-order valence-electron chi connectivity index (χ1n) is 5.55. The Bertz CT molecular complexity index is 524. The van der Waals surface area contributed by atoms with Crippen LogP contribution in [0.3, 0.4) is 0 Å². The summed E-state index contributed by atoms with van der Waals surface area (Å²) in [5.41, 5.74) is -0.602. The van der Waals surface area contributed by atoms with Crippen LogP contribution in [0.2, 0.25) is 0 Å². The van der Waals surface area contributed by atoms with E-state index in [0.29, 0.717) is 0 Å². The summed E-state index contributed by atoms with van der Waals surface area (Å²) in [6.45, 7) is -0.442. The van der Waals surface area contributed by atoms with Crippen LogP contribution in [-0.2, 0) is 20.5 Å². The predicted octanol–water partition coefficient (Wildman–Crippen LogP) is 2.01. The lowest BCUT2D eigenvalue weighted by Gasteiger charge is -2.06. The quantitative estimate of drug-likeness (QED) is 0.681. The van der Waals surface area contributed by atoms with Gasteiger partial charge in [-0.1, -0.05) is 12.1 Å². The molecule has 1 amide bonds. The molecule has 4 nitrogen and oxygen atoms in total. The van der Waals surface area contributed by atoms with Crippen molar-refractivity contribution in [1.29, 1.82) is 0 Å². The number of hydrogen-bond donors (Lipinski definition) is 1. The molecular weight excluding hydrogens is 275 g/mol. The van der Waals surface area contributed by atoms with E-state index in [2.05, 4.69) is 10.1 Å². The minimum absolute atomic E-state index is 0.205. The number of amides is 1. The molecule has 0 aliphatic rings. The van der Waals surface area contributed by atoms with Gasteiger partial charge in [-0.15, -0.1) is 0 Å². The summed E-state index contributed by atoms with van der Waals surface area (Å²) < 4.78 is 41.9. The number of halogens is 3. The van der Waals surface area contributed by atoms with Gasteiger partial charge < -0.3 is 10.1 Å². The molecule has 0 aromatic heterocycles. The molecule has 1 aromatic carbocycles. The van der Waals surface area contributed by atoms with E-state index >= 15 is 0 Å². The second kappa shape index (κ2) is 6.74. The van der Waals surface area contributed by atoms with Crippen molar-refractivity contribution in [2.24, 2.45) is 0 Å². The van der Waals surface area contributed by atoms with Crippen molar-refractivity contribution in [3.8, 4) is 0 Å². The Balaban J connectivity index is 2.66. The van der Waals surface area contributed by atoms with E-state index in [0.717, 1.165) is 18.2 Å². The predicted molar refractivity (Wildman–Crippen MR) is 65.5 cm³/mol. The Morgan fingerprint density at radius 3 is 2.65 bits per heavy atom. The highest BCUT2D eigenvalue weighted by atomic mass is 19.4. The summed E-state index contributed by atoms with van der Waals surface area (Å²) in [7, 11) is 1.38. The average Bonchev–Trinajstić information content (AvgIpc) is 2.41. The van der Waals surface area contributed by atoms with Crippen LogP contribution >= 0.6 is 0 Å². The summed E-state index contributed by atoms with van der Waals surface area (Å²) in [5, 5.41) is 2.25. The lowest BCUT2D eigenvalue weighted by molar-refractivity contribution is -0.143. The summed E-state index contributed by atoms with van der Waals surface area (Å²) in [5.74, 6) is -1.29. The molecule has 0 heterocycles. The molecule has 20 heavy (non-hydrogen) atoms. The minimum Gasteiger partial charge on any atom is -0.452 e. The highest BCUT2D eigenvalue weighted by Crippen LogP contribution is 2.29. The van der Waals surface area contributed by atoms with Gasteiger partial charge in [0.1, 0.15) is 0 Å². The number of carbonyl (C=O) groups excluding carboxylic acids is 2. The highest BCUT2D eigenvalue weighted by molar-refractivity contribution is 5.89. The molecule has 0 aliphatic heterocycles. The Morgan fingerprint density at radius 1 is 1.35 bits per heavy atom. The van der Waals surface area contributed by atoms with Gasteiger partial charge in [0.05, 0.1) is 5.56 Å². The first kappa shape index (κ1) is 15.7. The van der Waals surface area contributed by atoms with Gasteiger partial charge in [0.25, 0.3) is 5.91 Å². The summed E-state index contributed by atoms with van der Waals surface area (Å²) in [6, 6.07) is 4.49. The molecule has 1 aromatic rings. The van der Waals surface area contributed by atoms with Crippen molar-refractivity contribution >= 4 is 18.0 Å². The first-order valence-corrected chi connectivity index (χ1v) is 5.55. The van der Waals surface area contributed by atoms with E-state index in [1.807, 2.05) is 0 Å². The zero-order valence-electron chi connectivity index (χ0n) is 10.5. The van der Waals surface area contributed by atoms with Gasteiger partial charge >= 0.3 is 12.1 Å². The molecule has 1 N–H and O–H groups in total. The molecule has 0 bridgehead atoms. The number of carbonyl (C=O) groups is 2. The van der Waals surface area contributed by atoms with Crippen molar-refractivity contribution < 1.29 is 27.5 Å². The zero-order chi connectivity index (χ0) is 15.2. The second-order valence-corrected chi connectivity index (χ2v) is 3.74. The van der Waals surface area contributed by atoms with Crippen LogP contribution in [0, 0.1) is 0 Å². The number of benzene rings is 1. The van der Waals surface area contributed by atoms with Crippen LogP contribution in [-0.4, -0.2) is 25.5 Å². The molecule has 0 saturated carbocycles. The zero-order valence-corrected chi connectivity index (χ0v) is 10.5. The van der Waals surface area contributed by atoms with Crippen molar-refractivity contribution in [2.75, 3.05) is 13.7 Å². The van der Waals surface area contributed by atoms with Crippen molar-refractivity contribution in [3.05, 3.63) is 41.5 Å². The van der Waals surface area contributed by atoms with Gasteiger partial charge in [-0.2, -0.15) is 13.2 Å². The Hall–Kier alpha value is -2.31. The van der Waals surface area contributed by atoms with Crippen LogP contribution in [0.15, 0.2) is 30.3 Å². The van der Waals surface area contributed by atoms with Gasteiger partial charge in [-0.25, -0.2) is 4.79 Å². The van der Waals surface area contributed by atoms with Gasteiger partial charge in [0, 0.05) is 13.1 Å². The number of alkyl halides is 3. The molecule has 0 radical (unpaired) electrons. The van der Waals surface area contributed by atoms with Crippen molar-refractivity contribution in [3.63, 3.8) is 0 Å². The van der Waals surface area contributed by atoms with E-state index in [-0.39, 0.29) is 5.56 Å². The first-order chi connectivity index (χ1) is 9.32. The number of likely N-dealkylation sites (N-methyl/N-ethyl adjacent to an activating group) is 1. The maximum absolute atomic E-state index is 12.5. The van der Waals surface area contributed by atoms with Crippen molar-refractivity contribution in [2.45, 2.75) is 6.18 Å². The number of rotatable bonds is 4. The third-order valence-corrected chi connectivity index (χ3v) is 2.25. The molecule has 0 aliphatic carbocycles. The maximum atomic E-state index is 12.5. The summed E-state index contributed by atoms with van der Waals surface area (Å²) in [6.07, 6.45) is -2.30. The lowest BCUT2D eigenvalue weighted by Crippen LogP contribution is -2.24. The smallest absolute Gasteiger partial charge is 0.416 e. The lowest BCUT2D eigenvalue weighted by atomic mass is 10.1. The normalized spacial score (nSPS) is 11.4. The van der Waals surface area contributed by atoms with Gasteiger partial charge in [0.15, 0.2) is 6.61 Å². The van der Waals surface area contributed by atoms with Gasteiger partial charge in [0.2, 0.25) is 0 Å². The van der Waals surface area contributed by atoms with Gasteiger partial charge in [-0.05, 0) is 23.8 Å². The standard InChI is InChI=1S/C13H12F3NO3/c1-17-11(18)8-20-12(19)6-5-9-3-2-4-10(7-9)13(14,15)16/h2-7H,8H2,1H3,(H,17,18)/b6-5+. The Kier molecular flexibility index (Phi) is 5.31. The Labute approximate surface area is 113 Å². The molecule has 0 spiro atoms. The van der Waals surface area contributed by atoms with Crippen LogP contribution in [0.5, 0.6) is 0 Å². The van der Waals surface area contributed by atoms with Crippen LogP contribution in [0.4, 0.5) is 13.2 Å². The fraction of sp³-hybridized carbons (Fsp3) is 0.231. The third kappa shape index (κ3) is 5.13. The van der Waals surface area contributed by atoms with Gasteiger partial charge in [-0.3, -0.25) is 4.79 Å². The molecule has 0 atom stereocenters. The number of esters is 1. The molecule has 0 unspecified atom stereocenters. The third-order valence-electron chi connectivity index (χ3n) is 2.25. The molecule has 1 rings (SSSR count). The van der Waals surface area contributed by atoms with Crippen molar-refractivity contribution in [1.82, 2.24) is 5.32 Å². The summed E-state index contributed by atoms with van der Waals surface area (Å²) in [4.78, 5) is 22.0. The fourth-order valence-electron chi connectivity index (χ4n) is 1.24. The van der Waals surface area contributed by atoms with Crippen LogP contribution < -0.4 is 5.32 Å². The number of ether oxygens (including phenoxy) is 1. The molecule has 0 fully saturated rings.